The minimum absolute atomic E-state index is 0.0116. The average molecular weight is 311 g/mol. The summed E-state index contributed by atoms with van der Waals surface area (Å²) in [6.07, 6.45) is 0.527. The monoisotopic (exact) mass is 311 g/mol. The van der Waals surface area contributed by atoms with Gasteiger partial charge in [-0.25, -0.2) is 0 Å². The van der Waals surface area contributed by atoms with Crippen LogP contribution in [0.5, 0.6) is 0 Å². The lowest BCUT2D eigenvalue weighted by atomic mass is 10.3. The van der Waals surface area contributed by atoms with Crippen molar-refractivity contribution in [1.82, 2.24) is 0 Å². The highest BCUT2D eigenvalue weighted by atomic mass is 32.2. The fraction of sp³-hybridized carbons (Fsp3) is 0.429. The van der Waals surface area contributed by atoms with Gasteiger partial charge in [0, 0.05) is 17.2 Å². The van der Waals surface area contributed by atoms with Gasteiger partial charge < -0.3 is 10.0 Å². The largest absolute Gasteiger partial charge is 0.480 e. The fourth-order valence-electron chi connectivity index (χ4n) is 2.04. The average Bonchev–Trinajstić information content (AvgIpc) is 2.46. The van der Waals surface area contributed by atoms with Crippen LogP contribution >= 0.6 is 23.5 Å². The van der Waals surface area contributed by atoms with E-state index < -0.39 is 11.2 Å². The zero-order valence-electron chi connectivity index (χ0n) is 11.2. The van der Waals surface area contributed by atoms with Crippen LogP contribution in [0.3, 0.4) is 0 Å². The van der Waals surface area contributed by atoms with Gasteiger partial charge in [-0.15, -0.1) is 23.5 Å². The molecular formula is C14H17NO3S2. The molecule has 0 saturated heterocycles. The third-order valence-electron chi connectivity index (χ3n) is 3.08. The number of para-hydroxylation sites is 1. The third-order valence-corrected chi connectivity index (χ3v) is 5.48. The maximum Gasteiger partial charge on any atom is 0.316 e. The molecule has 0 spiro atoms. The topological polar surface area (TPSA) is 57.6 Å². The number of carboxylic acids is 1. The summed E-state index contributed by atoms with van der Waals surface area (Å²) in [4.78, 5) is 26.2. The van der Waals surface area contributed by atoms with Crippen molar-refractivity contribution in [3.05, 3.63) is 24.3 Å². The Bertz CT molecular complexity index is 507. The van der Waals surface area contributed by atoms with Crippen LogP contribution in [-0.2, 0) is 9.59 Å². The van der Waals surface area contributed by atoms with Gasteiger partial charge in [-0.3, -0.25) is 9.59 Å². The highest BCUT2D eigenvalue weighted by molar-refractivity contribution is 8.01. The number of nitrogens with zero attached hydrogens (tertiary/aromatic N) is 1. The van der Waals surface area contributed by atoms with E-state index in [0.29, 0.717) is 13.0 Å². The number of benzene rings is 1. The van der Waals surface area contributed by atoms with Gasteiger partial charge in [0.1, 0.15) is 5.25 Å². The molecular weight excluding hydrogens is 294 g/mol. The van der Waals surface area contributed by atoms with E-state index in [9.17, 15) is 9.59 Å². The minimum atomic E-state index is -0.847. The van der Waals surface area contributed by atoms with Crippen LogP contribution in [0.1, 0.15) is 13.3 Å². The van der Waals surface area contributed by atoms with Crippen LogP contribution in [-0.4, -0.2) is 40.3 Å². The summed E-state index contributed by atoms with van der Waals surface area (Å²) < 4.78 is 0. The standard InChI is InChI=1S/C14H17NO3S2/c1-2-11(14(17)18)20-9-13(16)15-7-8-19-12-6-4-3-5-10(12)15/h3-6,11H,2,7-9H2,1H3,(H,17,18). The second-order valence-electron chi connectivity index (χ2n) is 4.41. The number of fused-ring (bicyclic) bond motifs is 1. The SMILES string of the molecule is CCC(SCC(=O)N1CCSc2ccccc21)C(=O)O. The molecule has 2 rings (SSSR count). The molecule has 0 saturated carbocycles. The van der Waals surface area contributed by atoms with E-state index in [4.69, 9.17) is 5.11 Å². The molecule has 108 valence electrons. The molecule has 1 heterocycles. The van der Waals surface area contributed by atoms with Gasteiger partial charge in [0.2, 0.25) is 5.91 Å². The Balaban J connectivity index is 2.02. The van der Waals surface area contributed by atoms with Crippen molar-refractivity contribution in [3.8, 4) is 0 Å². The number of anilines is 1. The van der Waals surface area contributed by atoms with E-state index in [1.807, 2.05) is 31.2 Å². The van der Waals surface area contributed by atoms with Crippen LogP contribution in [0, 0.1) is 0 Å². The predicted molar refractivity (Wildman–Crippen MR) is 83.7 cm³/mol. The lowest BCUT2D eigenvalue weighted by molar-refractivity contribution is -0.136. The number of carboxylic acid groups (broad SMARTS) is 1. The molecule has 0 fully saturated rings. The van der Waals surface area contributed by atoms with Crippen LogP contribution in [0.25, 0.3) is 0 Å². The van der Waals surface area contributed by atoms with Crippen molar-refractivity contribution >= 4 is 41.1 Å². The van der Waals surface area contributed by atoms with Crippen molar-refractivity contribution in [2.75, 3.05) is 23.0 Å². The molecule has 1 aromatic rings. The molecule has 1 atom stereocenters. The maximum absolute atomic E-state index is 12.3. The lowest BCUT2D eigenvalue weighted by Crippen LogP contribution is -2.37. The molecule has 1 aromatic carbocycles. The molecule has 0 aliphatic carbocycles. The van der Waals surface area contributed by atoms with Crippen molar-refractivity contribution in [2.45, 2.75) is 23.5 Å². The Kier molecular flexibility index (Phi) is 5.37. The summed E-state index contributed by atoms with van der Waals surface area (Å²) in [7, 11) is 0. The molecule has 20 heavy (non-hydrogen) atoms. The zero-order valence-corrected chi connectivity index (χ0v) is 12.9. The Morgan fingerprint density at radius 2 is 2.20 bits per heavy atom. The Morgan fingerprint density at radius 3 is 2.90 bits per heavy atom. The number of hydrogen-bond donors (Lipinski definition) is 1. The van der Waals surface area contributed by atoms with Gasteiger partial charge in [-0.1, -0.05) is 19.1 Å². The smallest absolute Gasteiger partial charge is 0.316 e. The predicted octanol–water partition coefficient (Wildman–Crippen LogP) is 2.72. The fourth-order valence-corrected chi connectivity index (χ4v) is 3.91. The first kappa shape index (κ1) is 15.3. The second kappa shape index (κ2) is 7.04. The summed E-state index contributed by atoms with van der Waals surface area (Å²) in [5, 5.41) is 8.50. The molecule has 1 amide bonds. The van der Waals surface area contributed by atoms with E-state index in [0.717, 1.165) is 16.3 Å². The molecule has 0 radical (unpaired) electrons. The molecule has 4 nitrogen and oxygen atoms in total. The Hall–Kier alpha value is -1.14. The number of hydrogen-bond acceptors (Lipinski definition) is 4. The summed E-state index contributed by atoms with van der Waals surface area (Å²) in [6.45, 7) is 2.51. The van der Waals surface area contributed by atoms with Gasteiger partial charge >= 0.3 is 5.97 Å². The van der Waals surface area contributed by atoms with Crippen LogP contribution < -0.4 is 4.90 Å². The molecule has 0 aromatic heterocycles. The van der Waals surface area contributed by atoms with Gasteiger partial charge in [0.25, 0.3) is 0 Å². The highest BCUT2D eigenvalue weighted by Crippen LogP contribution is 2.34. The lowest BCUT2D eigenvalue weighted by Gasteiger charge is -2.29. The first-order valence-electron chi connectivity index (χ1n) is 6.50. The van der Waals surface area contributed by atoms with Crippen molar-refractivity contribution < 1.29 is 14.7 Å². The second-order valence-corrected chi connectivity index (χ2v) is 6.74. The molecule has 6 heteroatoms. The molecule has 1 N–H and O–H groups in total. The van der Waals surface area contributed by atoms with E-state index in [1.54, 1.807) is 16.7 Å². The Morgan fingerprint density at radius 1 is 1.45 bits per heavy atom. The van der Waals surface area contributed by atoms with Crippen molar-refractivity contribution in [3.63, 3.8) is 0 Å². The molecule has 1 aliphatic rings. The summed E-state index contributed by atoms with van der Waals surface area (Å²) >= 11 is 2.96. The summed E-state index contributed by atoms with van der Waals surface area (Å²) in [5.74, 6) is 0.232. The van der Waals surface area contributed by atoms with Crippen LogP contribution in [0.4, 0.5) is 5.69 Å². The van der Waals surface area contributed by atoms with Crippen LogP contribution in [0.2, 0.25) is 0 Å². The van der Waals surface area contributed by atoms with E-state index in [2.05, 4.69) is 0 Å². The number of thioether (sulfide) groups is 2. The van der Waals surface area contributed by atoms with E-state index in [-0.39, 0.29) is 11.7 Å². The van der Waals surface area contributed by atoms with Crippen LogP contribution in [0.15, 0.2) is 29.2 Å². The van der Waals surface area contributed by atoms with Gasteiger partial charge in [0.15, 0.2) is 0 Å². The maximum atomic E-state index is 12.3. The number of carbonyl (C=O) groups is 2. The number of aliphatic carboxylic acids is 1. The van der Waals surface area contributed by atoms with Gasteiger partial charge in [-0.05, 0) is 18.6 Å². The minimum Gasteiger partial charge on any atom is -0.480 e. The van der Waals surface area contributed by atoms with E-state index >= 15 is 0 Å². The summed E-state index contributed by atoms with van der Waals surface area (Å²) in [6, 6.07) is 7.84. The first-order chi connectivity index (χ1) is 9.63. The third kappa shape index (κ3) is 3.49. The van der Waals surface area contributed by atoms with Gasteiger partial charge in [-0.2, -0.15) is 0 Å². The first-order valence-corrected chi connectivity index (χ1v) is 8.53. The van der Waals surface area contributed by atoms with Crippen molar-refractivity contribution in [1.29, 1.82) is 0 Å². The summed E-state index contributed by atoms with van der Waals surface area (Å²) in [5.41, 5.74) is 0.942. The molecule has 1 unspecified atom stereocenters. The van der Waals surface area contributed by atoms with Crippen molar-refractivity contribution in [2.24, 2.45) is 0 Å². The van der Waals surface area contributed by atoms with Gasteiger partial charge in [0.05, 0.1) is 11.4 Å². The number of carbonyl (C=O) groups excluding carboxylic acids is 1. The Labute approximate surface area is 126 Å². The molecule has 1 aliphatic heterocycles. The van der Waals surface area contributed by atoms with E-state index in [1.165, 1.54) is 11.8 Å². The zero-order chi connectivity index (χ0) is 14.5. The molecule has 0 bridgehead atoms. The highest BCUT2D eigenvalue weighted by Gasteiger charge is 2.24. The quantitative estimate of drug-likeness (QED) is 0.906. The number of rotatable bonds is 5. The normalized spacial score (nSPS) is 15.6. The number of amides is 1.